The molecule has 0 aromatic carbocycles. The number of carbonyl (C=O) groups excluding carboxylic acids is 1. The Morgan fingerprint density at radius 3 is 0.788 bits per heavy atom. The van der Waals surface area contributed by atoms with Crippen LogP contribution in [0.1, 0.15) is 41.5 Å². The molecule has 0 rings (SSSR count). The van der Waals surface area contributed by atoms with Crippen LogP contribution in [-0.2, 0) is 70.8 Å². The molecule has 15 nitrogen and oxygen atoms in total. The third kappa shape index (κ3) is 37.5. The van der Waals surface area contributed by atoms with Gasteiger partial charge in [0.15, 0.2) is 8.32 Å². The van der Waals surface area contributed by atoms with Crippen LogP contribution >= 0.6 is 0 Å². The fraction of sp³-hybridized carbons (Fsp3) is 0.972. The molecule has 0 N–H and O–H groups in total. The molecule has 0 saturated heterocycles. The van der Waals surface area contributed by atoms with Crippen molar-refractivity contribution in [2.75, 3.05) is 165 Å². The van der Waals surface area contributed by atoms with Crippen molar-refractivity contribution < 1.29 is 70.8 Å². The van der Waals surface area contributed by atoms with Crippen LogP contribution < -0.4 is 0 Å². The number of carbonyl (C=O) groups is 1. The highest BCUT2D eigenvalue weighted by atomic mass is 28.4. The number of hydrogen-bond acceptors (Lipinski definition) is 15. The van der Waals surface area contributed by atoms with Crippen molar-refractivity contribution >= 4 is 14.3 Å². The Hall–Kier alpha value is -0.833. The van der Waals surface area contributed by atoms with Crippen LogP contribution in [0.15, 0.2) is 0 Å². The molecule has 0 heterocycles. The second kappa shape index (κ2) is 34.6. The van der Waals surface area contributed by atoms with Crippen molar-refractivity contribution in [3.05, 3.63) is 0 Å². The topological polar surface area (TPSA) is 146 Å². The van der Waals surface area contributed by atoms with Crippen LogP contribution in [0.4, 0.5) is 0 Å². The summed E-state index contributed by atoms with van der Waals surface area (Å²) in [6, 6.07) is 0. The summed E-state index contributed by atoms with van der Waals surface area (Å²) in [5, 5.41) is 0.212. The molecule has 0 atom stereocenters. The lowest BCUT2D eigenvalue weighted by Crippen LogP contribution is -2.41. The lowest BCUT2D eigenvalue weighted by Gasteiger charge is -2.36. The third-order valence-corrected chi connectivity index (χ3v) is 11.8. The van der Waals surface area contributed by atoms with E-state index in [1.807, 2.05) is 20.8 Å². The zero-order chi connectivity index (χ0) is 38.7. The van der Waals surface area contributed by atoms with Gasteiger partial charge in [-0.3, -0.25) is 0 Å². The molecule has 0 fully saturated rings. The van der Waals surface area contributed by atoms with E-state index in [0.29, 0.717) is 159 Å². The van der Waals surface area contributed by atoms with Gasteiger partial charge in [0.1, 0.15) is 12.2 Å². The Morgan fingerprint density at radius 2 is 0.577 bits per heavy atom. The van der Waals surface area contributed by atoms with Crippen molar-refractivity contribution in [1.29, 1.82) is 0 Å². The average molecular weight is 775 g/mol. The third-order valence-electron chi connectivity index (χ3n) is 7.23. The van der Waals surface area contributed by atoms with Gasteiger partial charge in [-0.25, -0.2) is 4.79 Å². The molecule has 0 bridgehead atoms. The molecule has 0 amide bonds. The SMILES string of the molecule is CC(C)(C)OC(=O)COCCOCCOCCOCCOCCOCCOCCOCCOCCOCCOCCOCCO[Si](C)(C)C(C)(C)C. The van der Waals surface area contributed by atoms with Crippen molar-refractivity contribution in [3.63, 3.8) is 0 Å². The largest absolute Gasteiger partial charge is 0.458 e. The predicted molar refractivity (Wildman–Crippen MR) is 199 cm³/mol. The van der Waals surface area contributed by atoms with E-state index in [4.69, 9.17) is 66.0 Å². The van der Waals surface area contributed by atoms with E-state index in [-0.39, 0.29) is 17.6 Å². The first kappa shape index (κ1) is 51.2. The first-order chi connectivity index (χ1) is 24.9. The molecule has 312 valence electrons. The lowest BCUT2D eigenvalue weighted by molar-refractivity contribution is -0.160. The second-order valence-corrected chi connectivity index (χ2v) is 18.8. The van der Waals surface area contributed by atoms with Crippen molar-refractivity contribution in [3.8, 4) is 0 Å². The summed E-state index contributed by atoms with van der Waals surface area (Å²) in [5.74, 6) is -0.387. The highest BCUT2D eigenvalue weighted by molar-refractivity contribution is 6.74. The van der Waals surface area contributed by atoms with Gasteiger partial charge in [-0.05, 0) is 38.9 Å². The van der Waals surface area contributed by atoms with E-state index in [0.717, 1.165) is 0 Å². The molecule has 0 unspecified atom stereocenters. The van der Waals surface area contributed by atoms with Gasteiger partial charge >= 0.3 is 5.97 Å². The number of ether oxygens (including phenoxy) is 13. The Bertz CT molecular complexity index is 778. The highest BCUT2D eigenvalue weighted by Crippen LogP contribution is 2.36. The molecular formula is C36H74O15Si. The summed E-state index contributed by atoms with van der Waals surface area (Å²) in [5.41, 5.74) is -0.512. The smallest absolute Gasteiger partial charge is 0.332 e. The van der Waals surface area contributed by atoms with Gasteiger partial charge in [0, 0.05) is 0 Å². The van der Waals surface area contributed by atoms with E-state index < -0.39 is 13.9 Å². The first-order valence-electron chi connectivity index (χ1n) is 18.6. The Morgan fingerprint density at radius 1 is 0.365 bits per heavy atom. The molecule has 0 aliphatic rings. The lowest BCUT2D eigenvalue weighted by atomic mass is 10.2. The fourth-order valence-corrected chi connectivity index (χ4v) is 4.54. The molecule has 52 heavy (non-hydrogen) atoms. The molecule has 0 aliphatic carbocycles. The van der Waals surface area contributed by atoms with Crippen LogP contribution in [0.3, 0.4) is 0 Å². The Labute approximate surface area is 315 Å². The maximum absolute atomic E-state index is 11.5. The molecule has 0 aromatic rings. The number of esters is 1. The molecule has 0 aliphatic heterocycles. The summed E-state index contributed by atoms with van der Waals surface area (Å²) in [6.45, 7) is 28.4. The maximum atomic E-state index is 11.5. The van der Waals surface area contributed by atoms with Gasteiger partial charge in [0.05, 0.1) is 159 Å². The summed E-state index contributed by atoms with van der Waals surface area (Å²) in [6.07, 6.45) is 0. The van der Waals surface area contributed by atoms with Gasteiger partial charge in [0.25, 0.3) is 0 Å². The number of rotatable bonds is 39. The highest BCUT2D eigenvalue weighted by Gasteiger charge is 2.36. The van der Waals surface area contributed by atoms with Crippen LogP contribution in [0.25, 0.3) is 0 Å². The minimum absolute atomic E-state index is 0.0842. The molecule has 0 aromatic heterocycles. The van der Waals surface area contributed by atoms with Crippen molar-refractivity contribution in [2.45, 2.75) is 65.3 Å². The zero-order valence-electron chi connectivity index (χ0n) is 33.8. The minimum atomic E-state index is -1.70. The summed E-state index contributed by atoms with van der Waals surface area (Å²) >= 11 is 0. The molecule has 0 radical (unpaired) electrons. The van der Waals surface area contributed by atoms with Gasteiger partial charge in [-0.2, -0.15) is 0 Å². The number of hydrogen-bond donors (Lipinski definition) is 0. The van der Waals surface area contributed by atoms with Crippen molar-refractivity contribution in [1.82, 2.24) is 0 Å². The van der Waals surface area contributed by atoms with Crippen LogP contribution in [0.5, 0.6) is 0 Å². The average Bonchev–Trinajstić information content (AvgIpc) is 3.06. The minimum Gasteiger partial charge on any atom is -0.458 e. The van der Waals surface area contributed by atoms with E-state index in [1.54, 1.807) is 0 Å². The summed E-state index contributed by atoms with van der Waals surface area (Å²) < 4.78 is 76.8. The Kier molecular flexibility index (Phi) is 34.1. The molecule has 0 saturated carbocycles. The normalized spacial score (nSPS) is 12.5. The Balaban J connectivity index is 3.15. The van der Waals surface area contributed by atoms with Gasteiger partial charge < -0.3 is 66.0 Å². The standard InChI is InChI=1S/C36H74O15Si/c1-35(2,3)51-34(37)33-49-30-29-47-26-25-45-22-21-43-18-17-41-14-13-39-10-9-38-11-12-40-15-16-42-19-20-44-23-24-46-27-28-48-31-32-50-52(7,8)36(4,5)6/h9-33H2,1-8H3. The van der Waals surface area contributed by atoms with E-state index in [1.165, 1.54) is 0 Å². The van der Waals surface area contributed by atoms with Crippen LogP contribution in [0, 0.1) is 0 Å². The zero-order valence-corrected chi connectivity index (χ0v) is 34.8. The molecule has 16 heteroatoms. The van der Waals surface area contributed by atoms with Crippen molar-refractivity contribution in [2.24, 2.45) is 0 Å². The van der Waals surface area contributed by atoms with Crippen LogP contribution in [-0.4, -0.2) is 185 Å². The summed E-state index contributed by atoms with van der Waals surface area (Å²) in [4.78, 5) is 11.5. The van der Waals surface area contributed by atoms with E-state index >= 15 is 0 Å². The van der Waals surface area contributed by atoms with Gasteiger partial charge in [-0.1, -0.05) is 20.8 Å². The predicted octanol–water partition coefficient (Wildman–Crippen LogP) is 3.55. The summed E-state index contributed by atoms with van der Waals surface area (Å²) in [7, 11) is -1.70. The fourth-order valence-electron chi connectivity index (χ4n) is 3.52. The van der Waals surface area contributed by atoms with Gasteiger partial charge in [-0.15, -0.1) is 0 Å². The van der Waals surface area contributed by atoms with Gasteiger partial charge in [0.2, 0.25) is 0 Å². The van der Waals surface area contributed by atoms with E-state index in [2.05, 4.69) is 33.9 Å². The molecular weight excluding hydrogens is 700 g/mol. The second-order valence-electron chi connectivity index (χ2n) is 14.0. The maximum Gasteiger partial charge on any atom is 0.332 e. The van der Waals surface area contributed by atoms with E-state index in [9.17, 15) is 4.79 Å². The first-order valence-corrected chi connectivity index (χ1v) is 21.5. The molecule has 0 spiro atoms. The quantitative estimate of drug-likeness (QED) is 0.0510. The monoisotopic (exact) mass is 774 g/mol. The van der Waals surface area contributed by atoms with Crippen LogP contribution in [0.2, 0.25) is 18.1 Å².